The Morgan fingerprint density at radius 3 is 2.55 bits per heavy atom. The summed E-state index contributed by atoms with van der Waals surface area (Å²) in [7, 11) is 0. The van der Waals surface area contributed by atoms with Crippen molar-refractivity contribution in [2.75, 3.05) is 6.54 Å². The van der Waals surface area contributed by atoms with Crippen LogP contribution in [0.15, 0.2) is 34.3 Å². The first-order valence-corrected chi connectivity index (χ1v) is 9.93. The third-order valence-electron chi connectivity index (χ3n) is 5.46. The molecule has 4 heteroatoms. The summed E-state index contributed by atoms with van der Waals surface area (Å²) >= 11 is 3.48. The van der Waals surface area contributed by atoms with Gasteiger partial charge in [-0.1, -0.05) is 18.9 Å². The number of nitrogens with one attached hydrogen (secondary N) is 1. The van der Waals surface area contributed by atoms with E-state index in [1.165, 1.54) is 36.1 Å². The van der Waals surface area contributed by atoms with E-state index >= 15 is 0 Å². The molecule has 22 heavy (non-hydrogen) atoms. The van der Waals surface area contributed by atoms with Gasteiger partial charge in [0.05, 0.1) is 5.41 Å². The van der Waals surface area contributed by atoms with E-state index in [4.69, 9.17) is 0 Å². The summed E-state index contributed by atoms with van der Waals surface area (Å²) in [5.41, 5.74) is 1.40. The summed E-state index contributed by atoms with van der Waals surface area (Å²) in [4.78, 5) is 14.0. The fourth-order valence-corrected chi connectivity index (χ4v) is 5.63. The summed E-state index contributed by atoms with van der Waals surface area (Å²) < 4.78 is 0. The van der Waals surface area contributed by atoms with Crippen LogP contribution in [0.5, 0.6) is 0 Å². The van der Waals surface area contributed by atoms with Crippen LogP contribution in [0.4, 0.5) is 0 Å². The molecular formula is C18H21NOS2. The number of carbonyl (C=O) groups is 1. The highest BCUT2D eigenvalue weighted by molar-refractivity contribution is 7.10. The molecule has 2 heterocycles. The van der Waals surface area contributed by atoms with Gasteiger partial charge in [0.25, 0.3) is 0 Å². The summed E-state index contributed by atoms with van der Waals surface area (Å²) in [6, 6.07) is 6.41. The molecule has 0 radical (unpaired) electrons. The quantitative estimate of drug-likeness (QED) is 0.860. The number of amides is 1. The lowest BCUT2D eigenvalue weighted by molar-refractivity contribution is -0.123. The highest BCUT2D eigenvalue weighted by Crippen LogP contribution is 2.50. The van der Waals surface area contributed by atoms with Crippen molar-refractivity contribution < 1.29 is 4.79 Å². The van der Waals surface area contributed by atoms with E-state index < -0.39 is 0 Å². The number of hydrogen-bond acceptors (Lipinski definition) is 3. The number of carbonyl (C=O) groups excluding carboxylic acids is 1. The first kappa shape index (κ1) is 14.5. The molecule has 4 rings (SSSR count). The van der Waals surface area contributed by atoms with E-state index in [1.54, 1.807) is 22.7 Å². The Morgan fingerprint density at radius 1 is 1.14 bits per heavy atom. The second-order valence-corrected chi connectivity index (χ2v) is 8.47. The van der Waals surface area contributed by atoms with Gasteiger partial charge in [0.2, 0.25) is 5.91 Å². The number of hydrogen-bond donors (Lipinski definition) is 1. The first-order chi connectivity index (χ1) is 10.8. The number of rotatable bonds is 5. The summed E-state index contributed by atoms with van der Waals surface area (Å²) in [6.07, 6.45) is 6.98. The van der Waals surface area contributed by atoms with Crippen molar-refractivity contribution in [3.63, 3.8) is 0 Å². The third-order valence-corrected chi connectivity index (χ3v) is 7.22. The molecule has 0 unspecified atom stereocenters. The molecule has 0 bridgehead atoms. The minimum Gasteiger partial charge on any atom is -0.354 e. The molecule has 116 valence electrons. The van der Waals surface area contributed by atoms with Crippen molar-refractivity contribution in [1.29, 1.82) is 0 Å². The minimum absolute atomic E-state index is 0.182. The second kappa shape index (κ2) is 5.50. The van der Waals surface area contributed by atoms with Gasteiger partial charge in [-0.05, 0) is 59.5 Å². The highest BCUT2D eigenvalue weighted by atomic mass is 32.1. The Balaban J connectivity index is 1.49. The molecule has 2 aliphatic carbocycles. The zero-order chi connectivity index (χ0) is 15.0. The standard InChI is InChI=1S/C18H21NOS2/c20-16(18(8-9-18)15-4-3-10-22-15)19-13-17(6-1-2-7-17)14-5-11-21-12-14/h3-5,10-12H,1-2,6-9,13H2,(H,19,20). The van der Waals surface area contributed by atoms with Crippen LogP contribution < -0.4 is 5.32 Å². The zero-order valence-electron chi connectivity index (χ0n) is 12.6. The van der Waals surface area contributed by atoms with E-state index in [0.717, 1.165) is 19.4 Å². The van der Waals surface area contributed by atoms with Gasteiger partial charge in [0.1, 0.15) is 0 Å². The Hall–Kier alpha value is -1.13. The lowest BCUT2D eigenvalue weighted by Crippen LogP contribution is -2.43. The van der Waals surface area contributed by atoms with Gasteiger partial charge >= 0.3 is 0 Å². The van der Waals surface area contributed by atoms with Crippen LogP contribution in [0.1, 0.15) is 49.0 Å². The van der Waals surface area contributed by atoms with Crippen LogP contribution in [0.2, 0.25) is 0 Å². The van der Waals surface area contributed by atoms with Crippen molar-refractivity contribution in [3.8, 4) is 0 Å². The van der Waals surface area contributed by atoms with Gasteiger partial charge in [0, 0.05) is 16.8 Å². The maximum Gasteiger partial charge on any atom is 0.231 e. The summed E-state index contributed by atoms with van der Waals surface area (Å²) in [5.74, 6) is 0.247. The van der Waals surface area contributed by atoms with Crippen molar-refractivity contribution in [3.05, 3.63) is 44.8 Å². The van der Waals surface area contributed by atoms with Crippen molar-refractivity contribution in [2.24, 2.45) is 0 Å². The van der Waals surface area contributed by atoms with E-state index in [9.17, 15) is 4.79 Å². The third kappa shape index (κ3) is 2.33. The van der Waals surface area contributed by atoms with Crippen molar-refractivity contribution >= 4 is 28.6 Å². The van der Waals surface area contributed by atoms with Gasteiger partial charge in [-0.2, -0.15) is 11.3 Å². The van der Waals surface area contributed by atoms with Crippen LogP contribution in [-0.4, -0.2) is 12.5 Å². The normalized spacial score (nSPS) is 21.6. The lowest BCUT2D eigenvalue weighted by Gasteiger charge is -2.29. The Kier molecular flexibility index (Phi) is 3.61. The molecule has 0 atom stereocenters. The fraction of sp³-hybridized carbons (Fsp3) is 0.500. The molecule has 1 amide bonds. The predicted octanol–water partition coefficient (Wildman–Crippen LogP) is 4.47. The van der Waals surface area contributed by atoms with Crippen molar-refractivity contribution in [2.45, 2.75) is 49.4 Å². The molecule has 2 aromatic heterocycles. The molecule has 2 aromatic rings. The van der Waals surface area contributed by atoms with Crippen LogP contribution in [0.3, 0.4) is 0 Å². The Morgan fingerprint density at radius 2 is 1.95 bits per heavy atom. The molecule has 1 N–H and O–H groups in total. The maximum atomic E-state index is 12.8. The van der Waals surface area contributed by atoms with E-state index in [1.807, 2.05) is 0 Å². The summed E-state index contributed by atoms with van der Waals surface area (Å²) in [6.45, 7) is 0.801. The molecule has 2 saturated carbocycles. The average molecular weight is 332 g/mol. The SMILES string of the molecule is O=C(NCC1(c2ccsc2)CCCC1)C1(c2cccs2)CC1. The van der Waals surface area contributed by atoms with Gasteiger partial charge in [0.15, 0.2) is 0 Å². The highest BCUT2D eigenvalue weighted by Gasteiger charge is 2.52. The molecule has 0 spiro atoms. The van der Waals surface area contributed by atoms with Gasteiger partial charge in [-0.25, -0.2) is 0 Å². The first-order valence-electron chi connectivity index (χ1n) is 8.10. The largest absolute Gasteiger partial charge is 0.354 e. The predicted molar refractivity (Wildman–Crippen MR) is 92.7 cm³/mol. The maximum absolute atomic E-state index is 12.8. The molecule has 0 saturated heterocycles. The van der Waals surface area contributed by atoms with Gasteiger partial charge in [-0.3, -0.25) is 4.79 Å². The zero-order valence-corrected chi connectivity index (χ0v) is 14.3. The fourth-order valence-electron chi connectivity index (χ4n) is 3.87. The van der Waals surface area contributed by atoms with Crippen LogP contribution >= 0.6 is 22.7 Å². The summed E-state index contributed by atoms with van der Waals surface area (Å²) in [5, 5.41) is 9.82. The monoisotopic (exact) mass is 331 g/mol. The van der Waals surface area contributed by atoms with E-state index in [0.29, 0.717) is 0 Å². The molecule has 2 aliphatic rings. The molecular weight excluding hydrogens is 310 g/mol. The molecule has 0 aromatic carbocycles. The smallest absolute Gasteiger partial charge is 0.231 e. The van der Waals surface area contributed by atoms with E-state index in [2.05, 4.69) is 39.7 Å². The van der Waals surface area contributed by atoms with Crippen LogP contribution in [0, 0.1) is 0 Å². The topological polar surface area (TPSA) is 29.1 Å². The van der Waals surface area contributed by atoms with Gasteiger partial charge in [-0.15, -0.1) is 11.3 Å². The Bertz CT molecular complexity index is 635. The van der Waals surface area contributed by atoms with Gasteiger partial charge < -0.3 is 5.32 Å². The van der Waals surface area contributed by atoms with E-state index in [-0.39, 0.29) is 16.7 Å². The van der Waals surface area contributed by atoms with Crippen molar-refractivity contribution in [1.82, 2.24) is 5.32 Å². The number of thiophene rings is 2. The average Bonchev–Trinajstić information content (AvgIpc) is 3.06. The Labute approximate surface area is 139 Å². The second-order valence-electron chi connectivity index (χ2n) is 6.74. The molecule has 2 fully saturated rings. The minimum atomic E-state index is -0.206. The molecule has 2 nitrogen and oxygen atoms in total. The van der Waals surface area contributed by atoms with Crippen LogP contribution in [0.25, 0.3) is 0 Å². The van der Waals surface area contributed by atoms with Crippen LogP contribution in [-0.2, 0) is 15.6 Å². The molecule has 0 aliphatic heterocycles. The lowest BCUT2D eigenvalue weighted by atomic mass is 9.80.